The third kappa shape index (κ3) is 9.80. The topological polar surface area (TPSA) is 86.8 Å². The minimum absolute atomic E-state index is 0.0685. The van der Waals surface area contributed by atoms with Crippen LogP contribution in [0, 0.1) is 5.82 Å². The van der Waals surface area contributed by atoms with Crippen molar-refractivity contribution in [2.75, 3.05) is 17.1 Å². The number of rotatable bonds is 14. The molecule has 1 N–H and O–H groups in total. The van der Waals surface area contributed by atoms with Crippen molar-refractivity contribution in [3.05, 3.63) is 101 Å². The first kappa shape index (κ1) is 34.6. The summed E-state index contributed by atoms with van der Waals surface area (Å²) in [7, 11) is -4.01. The SMILES string of the molecule is CC[C@@H](C)NC(=O)[C@@H](Cc1ccccc1)N(Cc1ccccc1F)C(=O)CCCN(c1cccc(C(F)(F)F)c1)S(C)(=O)=O. The maximum absolute atomic E-state index is 14.8. The summed E-state index contributed by atoms with van der Waals surface area (Å²) in [5, 5.41) is 2.91. The quantitative estimate of drug-likeness (QED) is 0.222. The van der Waals surface area contributed by atoms with Gasteiger partial charge in [-0.15, -0.1) is 0 Å². The normalized spacial score (nSPS) is 13.2. The van der Waals surface area contributed by atoms with Gasteiger partial charge >= 0.3 is 6.18 Å². The maximum Gasteiger partial charge on any atom is 0.416 e. The summed E-state index contributed by atoms with van der Waals surface area (Å²) >= 11 is 0. The lowest BCUT2D eigenvalue weighted by atomic mass is 10.0. The second-order valence-corrected chi connectivity index (χ2v) is 12.5. The number of carbonyl (C=O) groups is 2. The first-order chi connectivity index (χ1) is 20.7. The third-order valence-electron chi connectivity index (χ3n) is 7.18. The number of amides is 2. The molecule has 0 saturated carbocycles. The molecule has 238 valence electrons. The second-order valence-electron chi connectivity index (χ2n) is 10.6. The molecule has 0 aromatic heterocycles. The Morgan fingerprint density at radius 1 is 0.955 bits per heavy atom. The van der Waals surface area contributed by atoms with Crippen LogP contribution in [0.3, 0.4) is 0 Å². The van der Waals surface area contributed by atoms with Gasteiger partial charge in [-0.05, 0) is 49.6 Å². The molecular formula is C32H37F4N3O4S. The summed E-state index contributed by atoms with van der Waals surface area (Å²) in [5.41, 5.74) is -0.229. The minimum atomic E-state index is -4.67. The number of carbonyl (C=O) groups excluding carboxylic acids is 2. The van der Waals surface area contributed by atoms with Crippen LogP contribution < -0.4 is 9.62 Å². The predicted molar refractivity (Wildman–Crippen MR) is 162 cm³/mol. The van der Waals surface area contributed by atoms with E-state index in [1.165, 1.54) is 29.2 Å². The molecule has 0 fully saturated rings. The molecule has 0 saturated heterocycles. The Morgan fingerprint density at radius 3 is 2.23 bits per heavy atom. The monoisotopic (exact) mass is 635 g/mol. The summed E-state index contributed by atoms with van der Waals surface area (Å²) in [6, 6.07) is 17.7. The number of hydrogen-bond donors (Lipinski definition) is 1. The van der Waals surface area contributed by atoms with E-state index in [2.05, 4.69) is 5.32 Å². The molecule has 0 aliphatic rings. The van der Waals surface area contributed by atoms with Crippen molar-refractivity contribution in [2.45, 2.75) is 64.3 Å². The van der Waals surface area contributed by atoms with E-state index in [4.69, 9.17) is 0 Å². The molecule has 0 unspecified atom stereocenters. The van der Waals surface area contributed by atoms with Crippen molar-refractivity contribution in [3.63, 3.8) is 0 Å². The lowest BCUT2D eigenvalue weighted by Gasteiger charge is -2.33. The van der Waals surface area contributed by atoms with Crippen molar-refractivity contribution in [1.29, 1.82) is 0 Å². The van der Waals surface area contributed by atoms with Crippen molar-refractivity contribution < 1.29 is 35.6 Å². The first-order valence-corrected chi connectivity index (χ1v) is 16.1. The molecule has 0 spiro atoms. The number of sulfonamides is 1. The molecule has 0 heterocycles. The average Bonchev–Trinajstić information content (AvgIpc) is 2.97. The van der Waals surface area contributed by atoms with Gasteiger partial charge in [0.25, 0.3) is 0 Å². The fourth-order valence-electron chi connectivity index (χ4n) is 4.65. The summed E-state index contributed by atoms with van der Waals surface area (Å²) in [4.78, 5) is 28.7. The van der Waals surface area contributed by atoms with Crippen LogP contribution in [0.25, 0.3) is 0 Å². The molecule has 2 atom stereocenters. The van der Waals surface area contributed by atoms with Gasteiger partial charge in [0.1, 0.15) is 11.9 Å². The summed E-state index contributed by atoms with van der Waals surface area (Å²) in [6.07, 6.45) is -3.34. The fourth-order valence-corrected chi connectivity index (χ4v) is 5.60. The smallest absolute Gasteiger partial charge is 0.352 e. The summed E-state index contributed by atoms with van der Waals surface area (Å²) in [5.74, 6) is -1.51. The van der Waals surface area contributed by atoms with Crippen LogP contribution in [0.1, 0.15) is 49.8 Å². The highest BCUT2D eigenvalue weighted by Gasteiger charge is 2.33. The number of alkyl halides is 3. The molecule has 2 amide bonds. The number of hydrogen-bond acceptors (Lipinski definition) is 4. The van der Waals surface area contributed by atoms with Gasteiger partial charge < -0.3 is 10.2 Å². The van der Waals surface area contributed by atoms with E-state index in [0.717, 1.165) is 34.3 Å². The molecular weight excluding hydrogens is 598 g/mol. The number of halogens is 4. The van der Waals surface area contributed by atoms with Crippen molar-refractivity contribution in [3.8, 4) is 0 Å². The van der Waals surface area contributed by atoms with Gasteiger partial charge in [-0.1, -0.05) is 61.5 Å². The van der Waals surface area contributed by atoms with E-state index in [9.17, 15) is 35.6 Å². The Bertz CT molecular complexity index is 1520. The van der Waals surface area contributed by atoms with Gasteiger partial charge in [0.15, 0.2) is 0 Å². The van der Waals surface area contributed by atoms with E-state index in [1.807, 2.05) is 32.0 Å². The van der Waals surface area contributed by atoms with Gasteiger partial charge in [-0.3, -0.25) is 13.9 Å². The molecule has 44 heavy (non-hydrogen) atoms. The Balaban J connectivity index is 1.91. The average molecular weight is 636 g/mol. The molecule has 0 radical (unpaired) electrons. The molecule has 3 aromatic carbocycles. The van der Waals surface area contributed by atoms with Crippen LogP contribution in [0.4, 0.5) is 23.2 Å². The van der Waals surface area contributed by atoms with Crippen molar-refractivity contribution in [2.24, 2.45) is 0 Å². The number of anilines is 1. The number of nitrogens with one attached hydrogen (secondary N) is 1. The fraction of sp³-hybridized carbons (Fsp3) is 0.375. The maximum atomic E-state index is 14.8. The Labute approximate surface area is 255 Å². The van der Waals surface area contributed by atoms with Gasteiger partial charge in [-0.25, -0.2) is 12.8 Å². The Kier molecular flexibility index (Phi) is 11.9. The van der Waals surface area contributed by atoms with Crippen LogP contribution in [-0.4, -0.2) is 50.0 Å². The molecule has 0 aliphatic heterocycles. The van der Waals surface area contributed by atoms with Crippen LogP contribution in [0.2, 0.25) is 0 Å². The van der Waals surface area contributed by atoms with E-state index in [0.29, 0.717) is 6.42 Å². The number of benzene rings is 3. The van der Waals surface area contributed by atoms with Gasteiger partial charge in [0.05, 0.1) is 17.5 Å². The van der Waals surface area contributed by atoms with E-state index in [-0.39, 0.29) is 49.6 Å². The Morgan fingerprint density at radius 2 is 1.61 bits per heavy atom. The Hall–Kier alpha value is -3.93. The van der Waals surface area contributed by atoms with E-state index >= 15 is 0 Å². The highest BCUT2D eigenvalue weighted by molar-refractivity contribution is 7.92. The number of nitrogens with zero attached hydrogens (tertiary/aromatic N) is 2. The molecule has 3 aromatic rings. The van der Waals surface area contributed by atoms with Crippen molar-refractivity contribution in [1.82, 2.24) is 10.2 Å². The zero-order chi connectivity index (χ0) is 32.5. The third-order valence-corrected chi connectivity index (χ3v) is 8.38. The molecule has 12 heteroatoms. The highest BCUT2D eigenvalue weighted by atomic mass is 32.2. The van der Waals surface area contributed by atoms with Gasteiger partial charge in [-0.2, -0.15) is 13.2 Å². The standard InChI is InChI=1S/C32H37F4N3O4S/c1-4-23(2)37-31(41)29(20-24-12-6-5-7-13-24)38(22-25-14-8-9-17-28(25)33)30(40)18-11-19-39(44(3,42)43)27-16-10-15-26(21-27)32(34,35)36/h5-10,12-17,21,23,29H,4,11,18-20,22H2,1-3H3,(H,37,41)/t23-,29-/m1/s1. The van der Waals surface area contributed by atoms with E-state index in [1.54, 1.807) is 18.2 Å². The highest BCUT2D eigenvalue weighted by Crippen LogP contribution is 2.32. The van der Waals surface area contributed by atoms with Crippen LogP contribution in [0.15, 0.2) is 78.9 Å². The van der Waals surface area contributed by atoms with E-state index < -0.39 is 45.4 Å². The van der Waals surface area contributed by atoms with Crippen LogP contribution >= 0.6 is 0 Å². The molecule has 0 aliphatic carbocycles. The molecule has 0 bridgehead atoms. The van der Waals surface area contributed by atoms with Gasteiger partial charge in [0, 0.05) is 37.5 Å². The lowest BCUT2D eigenvalue weighted by Crippen LogP contribution is -2.52. The molecule has 7 nitrogen and oxygen atoms in total. The molecule has 3 rings (SSSR count). The predicted octanol–water partition coefficient (Wildman–Crippen LogP) is 5.95. The summed E-state index contributed by atoms with van der Waals surface area (Å²) < 4.78 is 80.6. The minimum Gasteiger partial charge on any atom is -0.352 e. The van der Waals surface area contributed by atoms with Gasteiger partial charge in [0.2, 0.25) is 21.8 Å². The first-order valence-electron chi connectivity index (χ1n) is 14.2. The summed E-state index contributed by atoms with van der Waals surface area (Å²) in [6.45, 7) is 3.22. The van der Waals surface area contributed by atoms with Crippen LogP contribution in [0.5, 0.6) is 0 Å². The zero-order valence-electron chi connectivity index (χ0n) is 24.9. The second kappa shape index (κ2) is 15.2. The van der Waals surface area contributed by atoms with Crippen LogP contribution in [-0.2, 0) is 38.8 Å². The van der Waals surface area contributed by atoms with Crippen molar-refractivity contribution >= 4 is 27.5 Å². The largest absolute Gasteiger partial charge is 0.416 e. The lowest BCUT2D eigenvalue weighted by molar-refractivity contribution is -0.141. The zero-order valence-corrected chi connectivity index (χ0v) is 25.7.